The Balaban J connectivity index is 2.11. The molecule has 3 aromatic heterocycles. The van der Waals surface area contributed by atoms with Crippen LogP contribution in [0.3, 0.4) is 0 Å². The largest absolute Gasteiger partial charge is 0.307 e. The number of aryl methyl sites for hydroxylation is 2. The van der Waals surface area contributed by atoms with Crippen molar-refractivity contribution in [3.05, 3.63) is 44.4 Å². The summed E-state index contributed by atoms with van der Waals surface area (Å²) >= 11 is 11.1. The predicted octanol–water partition coefficient (Wildman–Crippen LogP) is 4.39. The summed E-state index contributed by atoms with van der Waals surface area (Å²) in [4.78, 5) is 10.5. The van der Waals surface area contributed by atoms with Gasteiger partial charge >= 0.3 is 0 Å². The molecular weight excluding hydrogens is 358 g/mol. The lowest BCUT2D eigenvalue weighted by atomic mass is 10.3. The molecule has 20 heavy (non-hydrogen) atoms. The maximum atomic E-state index is 5.90. The molecule has 6 heteroatoms. The van der Waals surface area contributed by atoms with Crippen LogP contribution in [0, 0.1) is 6.92 Å². The van der Waals surface area contributed by atoms with Crippen molar-refractivity contribution >= 4 is 50.0 Å². The molecule has 0 radical (unpaired) electrons. The second kappa shape index (κ2) is 5.84. The summed E-state index contributed by atoms with van der Waals surface area (Å²) in [5.74, 6) is 1.57. The van der Waals surface area contributed by atoms with Crippen LogP contribution in [0.1, 0.15) is 16.3 Å². The highest BCUT2D eigenvalue weighted by atomic mass is 79.9. The fraction of sp³-hybridized carbons (Fsp3) is 0.286. The van der Waals surface area contributed by atoms with Gasteiger partial charge in [-0.2, -0.15) is 0 Å². The molecule has 3 heterocycles. The Hall–Kier alpha value is -0.910. The molecule has 0 bridgehead atoms. The maximum absolute atomic E-state index is 5.90. The van der Waals surface area contributed by atoms with Gasteiger partial charge in [0.2, 0.25) is 0 Å². The molecule has 0 aromatic carbocycles. The number of hydrogen-bond acceptors (Lipinski definition) is 3. The first-order chi connectivity index (χ1) is 9.69. The fourth-order valence-electron chi connectivity index (χ4n) is 2.22. The second-order valence-corrected chi connectivity index (χ2v) is 6.87. The quantitative estimate of drug-likeness (QED) is 0.638. The monoisotopic (exact) mass is 369 g/mol. The van der Waals surface area contributed by atoms with E-state index in [1.54, 1.807) is 11.3 Å². The summed E-state index contributed by atoms with van der Waals surface area (Å²) in [5, 5.41) is 2.09. The molecule has 3 rings (SSSR count). The normalized spacial score (nSPS) is 11.3. The van der Waals surface area contributed by atoms with Gasteiger partial charge in [-0.05, 0) is 40.5 Å². The van der Waals surface area contributed by atoms with Gasteiger partial charge in [0.05, 0.1) is 6.54 Å². The lowest BCUT2D eigenvalue weighted by Crippen LogP contribution is -2.05. The van der Waals surface area contributed by atoms with E-state index in [-0.39, 0.29) is 0 Å². The van der Waals surface area contributed by atoms with Gasteiger partial charge in [-0.1, -0.05) is 0 Å². The number of hydrogen-bond donors (Lipinski definition) is 0. The number of alkyl halides is 1. The average molecular weight is 371 g/mol. The van der Waals surface area contributed by atoms with Crippen molar-refractivity contribution in [3.63, 3.8) is 0 Å². The number of halogens is 2. The highest BCUT2D eigenvalue weighted by Crippen LogP contribution is 2.24. The molecule has 0 aliphatic carbocycles. The first-order valence-corrected chi connectivity index (χ1v) is 8.49. The minimum Gasteiger partial charge on any atom is -0.307 e. The van der Waals surface area contributed by atoms with Crippen molar-refractivity contribution < 1.29 is 0 Å². The van der Waals surface area contributed by atoms with E-state index in [1.807, 2.05) is 12.3 Å². The standard InChI is InChI=1S/C14H13BrClN3S/c1-9-3-5-17-14-13(9)18-12(2-4-16)19(14)7-11-6-10(15)8-20-11/h3,5-6,8H,2,4,7H2,1H3. The van der Waals surface area contributed by atoms with Crippen LogP contribution in [-0.2, 0) is 13.0 Å². The third-order valence-corrected chi connectivity index (χ3v) is 5.04. The molecule has 0 atom stereocenters. The molecule has 0 saturated heterocycles. The van der Waals surface area contributed by atoms with Crippen molar-refractivity contribution in [2.45, 2.75) is 19.9 Å². The zero-order valence-electron chi connectivity index (χ0n) is 10.9. The number of pyridine rings is 1. The van der Waals surface area contributed by atoms with Gasteiger partial charge < -0.3 is 4.57 Å². The first-order valence-electron chi connectivity index (χ1n) is 6.28. The van der Waals surface area contributed by atoms with Gasteiger partial charge in [-0.3, -0.25) is 0 Å². The van der Waals surface area contributed by atoms with E-state index in [1.165, 1.54) is 4.88 Å². The zero-order chi connectivity index (χ0) is 14.1. The Labute approximate surface area is 134 Å². The number of fused-ring (bicyclic) bond motifs is 1. The topological polar surface area (TPSA) is 30.7 Å². The summed E-state index contributed by atoms with van der Waals surface area (Å²) in [6.45, 7) is 2.85. The van der Waals surface area contributed by atoms with Crippen LogP contribution < -0.4 is 0 Å². The van der Waals surface area contributed by atoms with Crippen LogP contribution in [-0.4, -0.2) is 20.4 Å². The Morgan fingerprint density at radius 3 is 3.00 bits per heavy atom. The first kappa shape index (κ1) is 14.0. The molecule has 3 aromatic rings. The molecule has 0 N–H and O–H groups in total. The Bertz CT molecular complexity index is 750. The smallest absolute Gasteiger partial charge is 0.160 e. The molecule has 3 nitrogen and oxygen atoms in total. The minimum atomic E-state index is 0.566. The number of aromatic nitrogens is 3. The van der Waals surface area contributed by atoms with Crippen molar-refractivity contribution in [2.75, 3.05) is 5.88 Å². The van der Waals surface area contributed by atoms with Crippen molar-refractivity contribution in [3.8, 4) is 0 Å². The summed E-state index contributed by atoms with van der Waals surface area (Å²) in [5.41, 5.74) is 3.06. The van der Waals surface area contributed by atoms with E-state index in [0.29, 0.717) is 5.88 Å². The third kappa shape index (κ3) is 2.62. The molecule has 0 amide bonds. The zero-order valence-corrected chi connectivity index (χ0v) is 14.1. The highest BCUT2D eigenvalue weighted by molar-refractivity contribution is 9.10. The molecule has 0 fully saturated rings. The lowest BCUT2D eigenvalue weighted by molar-refractivity contribution is 0.756. The van der Waals surface area contributed by atoms with E-state index < -0.39 is 0 Å². The van der Waals surface area contributed by atoms with Gasteiger partial charge in [0, 0.05) is 33.2 Å². The molecule has 104 valence electrons. The number of rotatable bonds is 4. The van der Waals surface area contributed by atoms with Gasteiger partial charge in [-0.25, -0.2) is 9.97 Å². The van der Waals surface area contributed by atoms with Gasteiger partial charge in [0.25, 0.3) is 0 Å². The van der Waals surface area contributed by atoms with Crippen molar-refractivity contribution in [2.24, 2.45) is 0 Å². The molecule has 0 aliphatic rings. The average Bonchev–Trinajstić information content (AvgIpc) is 2.97. The summed E-state index contributed by atoms with van der Waals surface area (Å²) in [6.07, 6.45) is 2.59. The summed E-state index contributed by atoms with van der Waals surface area (Å²) in [6, 6.07) is 4.13. The molecule has 0 aliphatic heterocycles. The predicted molar refractivity (Wildman–Crippen MR) is 87.8 cm³/mol. The van der Waals surface area contributed by atoms with Crippen LogP contribution in [0.5, 0.6) is 0 Å². The molecular formula is C14H13BrClN3S. The van der Waals surface area contributed by atoms with E-state index >= 15 is 0 Å². The Morgan fingerprint density at radius 2 is 2.30 bits per heavy atom. The minimum absolute atomic E-state index is 0.566. The van der Waals surface area contributed by atoms with Crippen LogP contribution >= 0.6 is 38.9 Å². The van der Waals surface area contributed by atoms with Crippen LogP contribution in [0.2, 0.25) is 0 Å². The van der Waals surface area contributed by atoms with Gasteiger partial charge in [0.15, 0.2) is 5.65 Å². The summed E-state index contributed by atoms with van der Waals surface area (Å²) in [7, 11) is 0. The van der Waals surface area contributed by atoms with Gasteiger partial charge in [0.1, 0.15) is 11.3 Å². The van der Waals surface area contributed by atoms with E-state index in [4.69, 9.17) is 16.6 Å². The van der Waals surface area contributed by atoms with Crippen molar-refractivity contribution in [1.29, 1.82) is 0 Å². The SMILES string of the molecule is Cc1ccnc2c1nc(CCCl)n2Cc1cc(Br)cs1. The van der Waals surface area contributed by atoms with Crippen molar-refractivity contribution in [1.82, 2.24) is 14.5 Å². The second-order valence-electron chi connectivity index (χ2n) is 4.58. The van der Waals surface area contributed by atoms with Crippen LogP contribution in [0.15, 0.2) is 28.2 Å². The Morgan fingerprint density at radius 1 is 1.45 bits per heavy atom. The Kier molecular flexibility index (Phi) is 4.10. The van der Waals surface area contributed by atoms with E-state index in [2.05, 4.69) is 43.9 Å². The van der Waals surface area contributed by atoms with Crippen LogP contribution in [0.25, 0.3) is 11.2 Å². The van der Waals surface area contributed by atoms with Crippen LogP contribution in [0.4, 0.5) is 0 Å². The number of imidazole rings is 1. The lowest BCUT2D eigenvalue weighted by Gasteiger charge is -2.06. The summed E-state index contributed by atoms with van der Waals surface area (Å²) < 4.78 is 3.29. The molecule has 0 spiro atoms. The van der Waals surface area contributed by atoms with Gasteiger partial charge in [-0.15, -0.1) is 22.9 Å². The number of nitrogens with zero attached hydrogens (tertiary/aromatic N) is 3. The third-order valence-electron chi connectivity index (χ3n) is 3.17. The highest BCUT2D eigenvalue weighted by Gasteiger charge is 2.14. The number of thiophene rings is 1. The van der Waals surface area contributed by atoms with E-state index in [0.717, 1.165) is 40.0 Å². The maximum Gasteiger partial charge on any atom is 0.160 e. The fourth-order valence-corrected chi connectivity index (χ4v) is 3.83. The molecule has 0 unspecified atom stereocenters. The van der Waals surface area contributed by atoms with E-state index in [9.17, 15) is 0 Å². The molecule has 0 saturated carbocycles.